The largest absolute Gasteiger partial charge is 0.481 e. The Morgan fingerprint density at radius 2 is 1.60 bits per heavy atom. The molecular formula is C17H15NO2. The number of carboxylic acids is 1. The molecule has 0 amide bonds. The third kappa shape index (κ3) is 2.12. The van der Waals surface area contributed by atoms with Gasteiger partial charge in [-0.05, 0) is 33.2 Å². The molecule has 1 atom stereocenters. The maximum absolute atomic E-state index is 10.9. The average Bonchev–Trinajstić information content (AvgIpc) is 2.45. The van der Waals surface area contributed by atoms with Gasteiger partial charge in [0.05, 0.1) is 6.42 Å². The molecule has 100 valence electrons. The summed E-state index contributed by atoms with van der Waals surface area (Å²) < 4.78 is 0. The molecule has 3 nitrogen and oxygen atoms in total. The van der Waals surface area contributed by atoms with Crippen molar-refractivity contribution in [3.05, 3.63) is 60.2 Å². The summed E-state index contributed by atoms with van der Waals surface area (Å²) >= 11 is 0. The van der Waals surface area contributed by atoms with E-state index in [0.29, 0.717) is 0 Å². The van der Waals surface area contributed by atoms with Crippen LogP contribution in [0.25, 0.3) is 21.5 Å². The second kappa shape index (κ2) is 4.94. The van der Waals surface area contributed by atoms with Gasteiger partial charge in [-0.3, -0.25) is 4.79 Å². The molecule has 3 aromatic rings. The molecular weight excluding hydrogens is 250 g/mol. The second-order valence-electron chi connectivity index (χ2n) is 4.94. The van der Waals surface area contributed by atoms with Gasteiger partial charge >= 0.3 is 5.97 Å². The van der Waals surface area contributed by atoms with E-state index in [1.165, 1.54) is 0 Å². The van der Waals surface area contributed by atoms with Crippen molar-refractivity contribution in [2.45, 2.75) is 12.5 Å². The van der Waals surface area contributed by atoms with Gasteiger partial charge in [0.2, 0.25) is 0 Å². The van der Waals surface area contributed by atoms with Crippen molar-refractivity contribution in [1.82, 2.24) is 0 Å². The van der Waals surface area contributed by atoms with E-state index in [1.807, 2.05) is 42.5 Å². The molecule has 0 bridgehead atoms. The second-order valence-corrected chi connectivity index (χ2v) is 4.94. The van der Waals surface area contributed by atoms with E-state index < -0.39 is 12.0 Å². The molecule has 0 aliphatic carbocycles. The summed E-state index contributed by atoms with van der Waals surface area (Å²) in [5, 5.41) is 13.3. The van der Waals surface area contributed by atoms with Gasteiger partial charge in [-0.2, -0.15) is 0 Å². The van der Waals surface area contributed by atoms with Crippen LogP contribution in [0.3, 0.4) is 0 Å². The number of rotatable bonds is 3. The van der Waals surface area contributed by atoms with E-state index in [4.69, 9.17) is 10.8 Å². The molecule has 0 aliphatic rings. The minimum Gasteiger partial charge on any atom is -0.481 e. The summed E-state index contributed by atoms with van der Waals surface area (Å²) in [6.45, 7) is 0. The molecule has 0 unspecified atom stereocenters. The van der Waals surface area contributed by atoms with Crippen molar-refractivity contribution in [3.63, 3.8) is 0 Å². The van der Waals surface area contributed by atoms with E-state index in [9.17, 15) is 4.79 Å². The lowest BCUT2D eigenvalue weighted by atomic mass is 9.93. The third-order valence-electron chi connectivity index (χ3n) is 3.59. The van der Waals surface area contributed by atoms with E-state index in [1.54, 1.807) is 0 Å². The Hall–Kier alpha value is -2.39. The van der Waals surface area contributed by atoms with Crippen LogP contribution in [-0.2, 0) is 4.79 Å². The molecule has 0 saturated carbocycles. The minimum atomic E-state index is -0.880. The highest BCUT2D eigenvalue weighted by Gasteiger charge is 2.15. The smallest absolute Gasteiger partial charge is 0.305 e. The minimum absolute atomic E-state index is 0.0671. The van der Waals surface area contributed by atoms with Gasteiger partial charge in [-0.1, -0.05) is 48.5 Å². The van der Waals surface area contributed by atoms with Gasteiger partial charge in [-0.25, -0.2) is 0 Å². The van der Waals surface area contributed by atoms with Crippen LogP contribution in [0.2, 0.25) is 0 Å². The molecule has 3 N–H and O–H groups in total. The molecule has 0 fully saturated rings. The van der Waals surface area contributed by atoms with Crippen LogP contribution in [0.5, 0.6) is 0 Å². The van der Waals surface area contributed by atoms with Crippen LogP contribution < -0.4 is 5.73 Å². The fourth-order valence-electron chi connectivity index (χ4n) is 2.69. The lowest BCUT2D eigenvalue weighted by molar-refractivity contribution is -0.137. The van der Waals surface area contributed by atoms with Crippen molar-refractivity contribution >= 4 is 27.5 Å². The zero-order chi connectivity index (χ0) is 14.1. The number of nitrogens with two attached hydrogens (primary N) is 1. The van der Waals surface area contributed by atoms with E-state index in [-0.39, 0.29) is 6.42 Å². The van der Waals surface area contributed by atoms with Crippen LogP contribution in [0, 0.1) is 0 Å². The number of carboxylic acid groups (broad SMARTS) is 1. The molecule has 0 aromatic heterocycles. The molecule has 0 saturated heterocycles. The standard InChI is InChI=1S/C17H15NO2/c18-16(10-17(19)20)15-9-11-5-1-2-6-12(11)13-7-3-4-8-14(13)15/h1-9,16H,10,18H2,(H,19,20)/t16-/m0/s1. The first-order valence-electron chi connectivity index (χ1n) is 6.54. The summed E-state index contributed by atoms with van der Waals surface area (Å²) in [6.07, 6.45) is -0.0671. The molecule has 0 aliphatic heterocycles. The first-order chi connectivity index (χ1) is 9.66. The predicted octanol–water partition coefficient (Wildman–Crippen LogP) is 3.47. The van der Waals surface area contributed by atoms with Crippen molar-refractivity contribution in [3.8, 4) is 0 Å². The van der Waals surface area contributed by atoms with Crippen LogP contribution in [-0.4, -0.2) is 11.1 Å². The van der Waals surface area contributed by atoms with Gasteiger partial charge in [0.25, 0.3) is 0 Å². The van der Waals surface area contributed by atoms with Crippen molar-refractivity contribution in [2.24, 2.45) is 5.73 Å². The number of benzene rings is 3. The number of fused-ring (bicyclic) bond motifs is 3. The fraction of sp³-hybridized carbons (Fsp3) is 0.118. The normalized spacial score (nSPS) is 12.7. The average molecular weight is 265 g/mol. The van der Waals surface area contributed by atoms with Gasteiger partial charge in [0.1, 0.15) is 0 Å². The van der Waals surface area contributed by atoms with E-state index in [2.05, 4.69) is 12.1 Å². The fourth-order valence-corrected chi connectivity index (χ4v) is 2.69. The first kappa shape index (κ1) is 12.6. The maximum atomic E-state index is 10.9. The Balaban J connectivity index is 2.31. The Morgan fingerprint density at radius 3 is 2.30 bits per heavy atom. The van der Waals surface area contributed by atoms with E-state index >= 15 is 0 Å². The molecule has 3 aromatic carbocycles. The zero-order valence-corrected chi connectivity index (χ0v) is 10.9. The Labute approximate surface area is 116 Å². The van der Waals surface area contributed by atoms with Crippen LogP contribution in [0.4, 0.5) is 0 Å². The van der Waals surface area contributed by atoms with Gasteiger partial charge < -0.3 is 10.8 Å². The Bertz CT molecular complexity index is 795. The molecule has 3 rings (SSSR count). The summed E-state index contributed by atoms with van der Waals surface area (Å²) in [7, 11) is 0. The molecule has 20 heavy (non-hydrogen) atoms. The van der Waals surface area contributed by atoms with Crippen molar-refractivity contribution < 1.29 is 9.90 Å². The zero-order valence-electron chi connectivity index (χ0n) is 10.9. The molecule has 3 heteroatoms. The Kier molecular flexibility index (Phi) is 3.12. The van der Waals surface area contributed by atoms with Crippen molar-refractivity contribution in [2.75, 3.05) is 0 Å². The molecule has 0 heterocycles. The molecule has 0 spiro atoms. The topological polar surface area (TPSA) is 63.3 Å². The first-order valence-corrected chi connectivity index (χ1v) is 6.54. The summed E-state index contributed by atoms with van der Waals surface area (Å²) in [5.41, 5.74) is 6.96. The lowest BCUT2D eigenvalue weighted by Gasteiger charge is -2.15. The van der Waals surface area contributed by atoms with Gasteiger partial charge in [-0.15, -0.1) is 0 Å². The summed E-state index contributed by atoms with van der Waals surface area (Å²) in [6, 6.07) is 17.6. The number of hydrogen-bond acceptors (Lipinski definition) is 2. The van der Waals surface area contributed by atoms with Crippen LogP contribution >= 0.6 is 0 Å². The third-order valence-corrected chi connectivity index (χ3v) is 3.59. The van der Waals surface area contributed by atoms with Gasteiger partial charge in [0.15, 0.2) is 0 Å². The monoisotopic (exact) mass is 265 g/mol. The quantitative estimate of drug-likeness (QED) is 0.713. The number of carbonyl (C=O) groups is 1. The predicted molar refractivity (Wildman–Crippen MR) is 80.6 cm³/mol. The van der Waals surface area contributed by atoms with Crippen LogP contribution in [0.15, 0.2) is 54.6 Å². The summed E-state index contributed by atoms with van der Waals surface area (Å²) in [4.78, 5) is 10.9. The maximum Gasteiger partial charge on any atom is 0.305 e. The highest BCUT2D eigenvalue weighted by molar-refractivity contribution is 6.09. The highest BCUT2D eigenvalue weighted by atomic mass is 16.4. The molecule has 0 radical (unpaired) electrons. The SMILES string of the molecule is N[C@@H](CC(=O)O)c1cc2ccccc2c2ccccc12. The Morgan fingerprint density at radius 1 is 1.00 bits per heavy atom. The number of aliphatic carboxylic acids is 1. The van der Waals surface area contributed by atoms with Crippen LogP contribution in [0.1, 0.15) is 18.0 Å². The lowest BCUT2D eigenvalue weighted by Crippen LogP contribution is -2.15. The van der Waals surface area contributed by atoms with Crippen molar-refractivity contribution in [1.29, 1.82) is 0 Å². The van der Waals surface area contributed by atoms with E-state index in [0.717, 1.165) is 27.1 Å². The van der Waals surface area contributed by atoms with Gasteiger partial charge in [0, 0.05) is 6.04 Å². The number of hydrogen-bond donors (Lipinski definition) is 2. The summed E-state index contributed by atoms with van der Waals surface area (Å²) in [5.74, 6) is -0.880. The highest BCUT2D eigenvalue weighted by Crippen LogP contribution is 2.32.